The summed E-state index contributed by atoms with van der Waals surface area (Å²) >= 11 is 0. The third-order valence-corrected chi connectivity index (χ3v) is 2.05. The van der Waals surface area contributed by atoms with Crippen molar-refractivity contribution >= 4 is 10.9 Å². The lowest BCUT2D eigenvalue weighted by Gasteiger charge is -2.02. The first-order valence-electron chi connectivity index (χ1n) is 5.20. The van der Waals surface area contributed by atoms with Crippen LogP contribution in [0.5, 0.6) is 0 Å². The molecule has 76 valence electrons. The van der Waals surface area contributed by atoms with Crippen LogP contribution < -0.4 is 0 Å². The van der Waals surface area contributed by atoms with Crippen LogP contribution in [-0.4, -0.2) is 9.97 Å². The summed E-state index contributed by atoms with van der Waals surface area (Å²) in [5.41, 5.74) is 2.32. The molecule has 14 heavy (non-hydrogen) atoms. The summed E-state index contributed by atoms with van der Waals surface area (Å²) in [5, 5.41) is 1.18. The van der Waals surface area contributed by atoms with Crippen molar-refractivity contribution in [3.63, 3.8) is 0 Å². The Bertz CT molecular complexity index is 388. The highest BCUT2D eigenvalue weighted by molar-refractivity contribution is 5.78. The van der Waals surface area contributed by atoms with Crippen molar-refractivity contribution in [3.05, 3.63) is 30.2 Å². The summed E-state index contributed by atoms with van der Waals surface area (Å²) < 4.78 is 0. The minimum Gasteiger partial charge on any atom is -0.361 e. The van der Waals surface area contributed by atoms with E-state index < -0.39 is 0 Å². The number of nitrogens with zero attached hydrogens (tertiary/aromatic N) is 1. The van der Waals surface area contributed by atoms with Gasteiger partial charge in [0.25, 0.3) is 0 Å². The van der Waals surface area contributed by atoms with Gasteiger partial charge in [0.2, 0.25) is 0 Å². The molecule has 2 heteroatoms. The molecule has 0 radical (unpaired) electrons. The van der Waals surface area contributed by atoms with Crippen molar-refractivity contribution in [3.8, 4) is 0 Å². The Balaban J connectivity index is 0.000000461. The summed E-state index contributed by atoms with van der Waals surface area (Å²) in [6.07, 6.45) is 3.86. The van der Waals surface area contributed by atoms with Crippen molar-refractivity contribution in [1.29, 1.82) is 0 Å². The van der Waals surface area contributed by atoms with Crippen LogP contribution in [-0.2, 0) is 0 Å². The van der Waals surface area contributed by atoms with Gasteiger partial charge in [-0.25, -0.2) is 0 Å². The first-order chi connectivity index (χ1) is 6.77. The summed E-state index contributed by atoms with van der Waals surface area (Å²) in [7, 11) is 0. The largest absolute Gasteiger partial charge is 0.361 e. The van der Waals surface area contributed by atoms with Gasteiger partial charge in [-0.2, -0.15) is 0 Å². The first-order valence-corrected chi connectivity index (χ1v) is 5.20. The highest BCUT2D eigenvalue weighted by atomic mass is 14.7. The van der Waals surface area contributed by atoms with Crippen molar-refractivity contribution in [1.82, 2.24) is 9.97 Å². The van der Waals surface area contributed by atoms with Gasteiger partial charge >= 0.3 is 0 Å². The highest BCUT2D eigenvalue weighted by Gasteiger charge is 2.01. The maximum atomic E-state index is 4.36. The minimum absolute atomic E-state index is 0.498. The number of hydrogen-bond donors (Lipinski definition) is 1. The predicted octanol–water partition coefficient (Wildman–Crippen LogP) is 3.71. The van der Waals surface area contributed by atoms with E-state index in [2.05, 4.69) is 29.9 Å². The molecule has 0 atom stereocenters. The smallest absolute Gasteiger partial charge is 0.0487 e. The zero-order valence-electron chi connectivity index (χ0n) is 9.33. The molecule has 0 aromatic carbocycles. The van der Waals surface area contributed by atoms with Gasteiger partial charge < -0.3 is 4.98 Å². The molecule has 0 bridgehead atoms. The molecular formula is C12H18N2. The fourth-order valence-electron chi connectivity index (χ4n) is 1.28. The lowest BCUT2D eigenvalue weighted by atomic mass is 10.1. The minimum atomic E-state index is 0.498. The Labute approximate surface area is 85.4 Å². The van der Waals surface area contributed by atoms with E-state index in [0.717, 1.165) is 5.69 Å². The Kier molecular flexibility index (Phi) is 3.69. The van der Waals surface area contributed by atoms with Gasteiger partial charge in [-0.05, 0) is 18.1 Å². The molecular weight excluding hydrogens is 172 g/mol. The molecule has 0 spiro atoms. The van der Waals surface area contributed by atoms with Crippen LogP contribution in [0.25, 0.3) is 10.9 Å². The summed E-state index contributed by atoms with van der Waals surface area (Å²) in [5.74, 6) is 0.498. The van der Waals surface area contributed by atoms with E-state index in [-0.39, 0.29) is 0 Å². The monoisotopic (exact) mass is 190 g/mol. The molecule has 2 aromatic rings. The van der Waals surface area contributed by atoms with Gasteiger partial charge in [0, 0.05) is 29.0 Å². The topological polar surface area (TPSA) is 28.7 Å². The van der Waals surface area contributed by atoms with Gasteiger partial charge in [0.15, 0.2) is 0 Å². The molecule has 0 fully saturated rings. The van der Waals surface area contributed by atoms with Crippen molar-refractivity contribution in [2.75, 3.05) is 0 Å². The summed E-state index contributed by atoms with van der Waals surface area (Å²) in [4.78, 5) is 7.53. The zero-order chi connectivity index (χ0) is 10.6. The number of H-pyrrole nitrogens is 1. The Hall–Kier alpha value is -1.31. The van der Waals surface area contributed by atoms with E-state index in [4.69, 9.17) is 0 Å². The van der Waals surface area contributed by atoms with E-state index in [9.17, 15) is 0 Å². The number of hydrogen-bond acceptors (Lipinski definition) is 1. The number of fused-ring (bicyclic) bond motifs is 1. The molecule has 0 aliphatic heterocycles. The standard InChI is InChI=1S/C10H12N2.C2H6/c1-7(2)9-5-10-8(6-12-9)3-4-11-10;1-2/h3-7,11H,1-2H3;1-2H3. The normalized spacial score (nSPS) is 10.1. The summed E-state index contributed by atoms with van der Waals surface area (Å²) in [6.45, 7) is 8.30. The maximum Gasteiger partial charge on any atom is 0.0487 e. The Morgan fingerprint density at radius 1 is 1.29 bits per heavy atom. The van der Waals surface area contributed by atoms with Crippen LogP contribution in [0.15, 0.2) is 24.5 Å². The van der Waals surface area contributed by atoms with E-state index >= 15 is 0 Å². The molecule has 2 heterocycles. The molecule has 0 amide bonds. The van der Waals surface area contributed by atoms with Crippen molar-refractivity contribution in [2.24, 2.45) is 0 Å². The molecule has 0 saturated heterocycles. The Morgan fingerprint density at radius 3 is 2.64 bits per heavy atom. The van der Waals surface area contributed by atoms with E-state index in [1.165, 1.54) is 10.9 Å². The van der Waals surface area contributed by atoms with Crippen LogP contribution in [0.2, 0.25) is 0 Å². The van der Waals surface area contributed by atoms with Crippen LogP contribution in [0.1, 0.15) is 39.3 Å². The van der Waals surface area contributed by atoms with Gasteiger partial charge in [-0.15, -0.1) is 0 Å². The number of aromatic amines is 1. The number of aromatic nitrogens is 2. The molecule has 1 N–H and O–H groups in total. The lowest BCUT2D eigenvalue weighted by molar-refractivity contribution is 0.826. The molecule has 0 aliphatic rings. The molecule has 2 aromatic heterocycles. The number of nitrogens with one attached hydrogen (secondary N) is 1. The van der Waals surface area contributed by atoms with Crippen LogP contribution in [0.4, 0.5) is 0 Å². The van der Waals surface area contributed by atoms with Gasteiger partial charge in [-0.3, -0.25) is 4.98 Å². The van der Waals surface area contributed by atoms with Crippen LogP contribution in [0, 0.1) is 0 Å². The number of pyridine rings is 1. The van der Waals surface area contributed by atoms with Crippen molar-refractivity contribution in [2.45, 2.75) is 33.6 Å². The molecule has 2 rings (SSSR count). The molecule has 2 nitrogen and oxygen atoms in total. The zero-order valence-corrected chi connectivity index (χ0v) is 9.33. The second-order valence-electron chi connectivity index (χ2n) is 3.33. The maximum absolute atomic E-state index is 4.36. The molecule has 0 aliphatic carbocycles. The first kappa shape index (κ1) is 10.8. The number of rotatable bonds is 1. The molecule has 0 saturated carbocycles. The van der Waals surface area contributed by atoms with Crippen molar-refractivity contribution < 1.29 is 0 Å². The fourth-order valence-corrected chi connectivity index (χ4v) is 1.28. The average Bonchev–Trinajstić information content (AvgIpc) is 2.67. The SMILES string of the molecule is CC.CC(C)c1cc2[nH]ccc2cn1. The average molecular weight is 190 g/mol. The third kappa shape index (κ3) is 2.13. The lowest BCUT2D eigenvalue weighted by Crippen LogP contribution is -1.90. The van der Waals surface area contributed by atoms with E-state index in [0.29, 0.717) is 5.92 Å². The van der Waals surface area contributed by atoms with Crippen LogP contribution >= 0.6 is 0 Å². The fraction of sp³-hybridized carbons (Fsp3) is 0.417. The third-order valence-electron chi connectivity index (χ3n) is 2.05. The predicted molar refractivity (Wildman–Crippen MR) is 61.5 cm³/mol. The second kappa shape index (κ2) is 4.80. The highest BCUT2D eigenvalue weighted by Crippen LogP contribution is 2.16. The van der Waals surface area contributed by atoms with Crippen LogP contribution in [0.3, 0.4) is 0 Å². The van der Waals surface area contributed by atoms with Gasteiger partial charge in [-0.1, -0.05) is 27.7 Å². The molecule has 0 unspecified atom stereocenters. The van der Waals surface area contributed by atoms with Gasteiger partial charge in [0.05, 0.1) is 0 Å². The quantitative estimate of drug-likeness (QED) is 0.729. The second-order valence-corrected chi connectivity index (χ2v) is 3.33. The Morgan fingerprint density at radius 2 is 2.00 bits per heavy atom. The van der Waals surface area contributed by atoms with Gasteiger partial charge in [0.1, 0.15) is 0 Å². The summed E-state index contributed by atoms with van der Waals surface area (Å²) in [6, 6.07) is 4.15. The van der Waals surface area contributed by atoms with E-state index in [1.807, 2.05) is 32.3 Å². The van der Waals surface area contributed by atoms with E-state index in [1.54, 1.807) is 0 Å².